The van der Waals surface area contributed by atoms with E-state index >= 15 is 0 Å². The van der Waals surface area contributed by atoms with Gasteiger partial charge < -0.3 is 15.1 Å². The fraction of sp³-hybridized carbons (Fsp3) is 0.143. The van der Waals surface area contributed by atoms with Crippen LogP contribution in [0.4, 0.5) is 0 Å². The average molecular weight is 258 g/mol. The molecule has 98 valence electrons. The van der Waals surface area contributed by atoms with Crippen molar-refractivity contribution in [3.8, 4) is 0 Å². The van der Waals surface area contributed by atoms with Crippen molar-refractivity contribution in [1.29, 1.82) is 0 Å². The maximum atomic E-state index is 11.5. The van der Waals surface area contributed by atoms with E-state index in [1.807, 2.05) is 30.3 Å². The summed E-state index contributed by atoms with van der Waals surface area (Å²) in [4.78, 5) is 23.0. The summed E-state index contributed by atoms with van der Waals surface area (Å²) < 4.78 is 4.91. The second kappa shape index (κ2) is 6.39. The van der Waals surface area contributed by atoms with Gasteiger partial charge in [0.05, 0.1) is 12.8 Å². The van der Waals surface area contributed by atoms with Crippen LogP contribution >= 0.6 is 0 Å². The van der Waals surface area contributed by atoms with Crippen LogP contribution in [-0.4, -0.2) is 18.4 Å². The third-order valence-corrected chi connectivity index (χ3v) is 2.49. The molecule has 2 rings (SSSR count). The summed E-state index contributed by atoms with van der Waals surface area (Å²) in [6.45, 7) is 0.364. The molecule has 0 spiro atoms. The van der Waals surface area contributed by atoms with Crippen molar-refractivity contribution in [3.63, 3.8) is 0 Å². The number of hydrogen-bond acceptors (Lipinski definition) is 3. The molecule has 2 amide bonds. The van der Waals surface area contributed by atoms with Crippen molar-refractivity contribution >= 4 is 11.8 Å². The van der Waals surface area contributed by atoms with E-state index < -0.39 is 5.91 Å². The fourth-order valence-electron chi connectivity index (χ4n) is 1.51. The minimum atomic E-state index is -0.403. The van der Waals surface area contributed by atoms with Gasteiger partial charge in [-0.15, -0.1) is 0 Å². The molecule has 0 aliphatic carbocycles. The molecule has 0 fully saturated rings. The monoisotopic (exact) mass is 258 g/mol. The number of carbonyl (C=O) groups excluding carboxylic acids is 2. The van der Waals surface area contributed by atoms with Crippen LogP contribution in [0.1, 0.15) is 16.1 Å². The Morgan fingerprint density at radius 3 is 2.47 bits per heavy atom. The lowest BCUT2D eigenvalue weighted by molar-refractivity contribution is -0.120. The van der Waals surface area contributed by atoms with Gasteiger partial charge in [-0.05, 0) is 17.7 Å². The normalized spacial score (nSPS) is 9.89. The molecule has 19 heavy (non-hydrogen) atoms. The Morgan fingerprint density at radius 2 is 1.79 bits per heavy atom. The molecule has 0 bridgehead atoms. The zero-order valence-electron chi connectivity index (χ0n) is 10.3. The van der Waals surface area contributed by atoms with Crippen molar-refractivity contribution in [1.82, 2.24) is 10.6 Å². The molecule has 0 saturated heterocycles. The summed E-state index contributed by atoms with van der Waals surface area (Å²) in [5.74, 6) is -0.459. The fourth-order valence-corrected chi connectivity index (χ4v) is 1.51. The first-order valence-corrected chi connectivity index (χ1v) is 5.88. The summed E-state index contributed by atoms with van der Waals surface area (Å²) in [6, 6.07) is 12.7. The number of carbonyl (C=O) groups is 2. The molecular formula is C14H14N2O3. The van der Waals surface area contributed by atoms with E-state index in [1.165, 1.54) is 12.3 Å². The molecule has 5 nitrogen and oxygen atoms in total. The molecule has 0 aliphatic rings. The molecule has 0 aliphatic heterocycles. The first-order chi connectivity index (χ1) is 9.25. The van der Waals surface area contributed by atoms with Gasteiger partial charge in [-0.1, -0.05) is 30.3 Å². The Balaban J connectivity index is 1.72. The number of nitrogens with one attached hydrogen (secondary N) is 2. The third kappa shape index (κ3) is 3.99. The summed E-state index contributed by atoms with van der Waals surface area (Å²) in [6.07, 6.45) is 1.41. The highest BCUT2D eigenvalue weighted by atomic mass is 16.3. The second-order valence-electron chi connectivity index (χ2n) is 3.92. The Morgan fingerprint density at radius 1 is 1.00 bits per heavy atom. The van der Waals surface area contributed by atoms with Crippen LogP contribution in [0.5, 0.6) is 0 Å². The molecular weight excluding hydrogens is 244 g/mol. The van der Waals surface area contributed by atoms with Crippen LogP contribution < -0.4 is 10.6 Å². The van der Waals surface area contributed by atoms with E-state index in [1.54, 1.807) is 6.07 Å². The number of rotatable bonds is 5. The predicted octanol–water partition coefficient (Wildman–Crippen LogP) is 1.33. The van der Waals surface area contributed by atoms with Crippen LogP contribution in [0.25, 0.3) is 0 Å². The topological polar surface area (TPSA) is 71.3 Å². The van der Waals surface area contributed by atoms with Gasteiger partial charge >= 0.3 is 0 Å². The maximum absolute atomic E-state index is 11.5. The zero-order chi connectivity index (χ0) is 13.5. The molecule has 2 N–H and O–H groups in total. The van der Waals surface area contributed by atoms with Gasteiger partial charge in [0.1, 0.15) is 0 Å². The Hall–Kier alpha value is -2.56. The largest absolute Gasteiger partial charge is 0.459 e. The van der Waals surface area contributed by atoms with Crippen molar-refractivity contribution in [2.75, 3.05) is 6.54 Å². The highest BCUT2D eigenvalue weighted by Crippen LogP contribution is 1.99. The van der Waals surface area contributed by atoms with Gasteiger partial charge in [-0.3, -0.25) is 9.59 Å². The number of hydrogen-bond donors (Lipinski definition) is 2. The van der Waals surface area contributed by atoms with E-state index in [2.05, 4.69) is 10.6 Å². The number of benzene rings is 1. The minimum absolute atomic E-state index is 0.0770. The van der Waals surface area contributed by atoms with Gasteiger partial charge in [-0.2, -0.15) is 0 Å². The number of furan rings is 1. The van der Waals surface area contributed by atoms with Gasteiger partial charge in [0.2, 0.25) is 5.91 Å². The SMILES string of the molecule is O=C(CNC(=O)c1ccco1)NCc1ccccc1. The second-order valence-corrected chi connectivity index (χ2v) is 3.92. The van der Waals surface area contributed by atoms with Crippen molar-refractivity contribution in [3.05, 3.63) is 60.1 Å². The Kier molecular flexibility index (Phi) is 4.34. The van der Waals surface area contributed by atoms with Crippen LogP contribution in [0.2, 0.25) is 0 Å². The Bertz CT molecular complexity index is 535. The van der Waals surface area contributed by atoms with Gasteiger partial charge in [0, 0.05) is 6.54 Å². The molecule has 2 aromatic rings. The lowest BCUT2D eigenvalue weighted by Gasteiger charge is -2.06. The standard InChI is InChI=1S/C14H14N2O3/c17-13(15-9-11-5-2-1-3-6-11)10-16-14(18)12-7-4-8-19-12/h1-8H,9-10H2,(H,15,17)(H,16,18). The summed E-state index contributed by atoms with van der Waals surface area (Å²) in [5, 5.41) is 5.19. The molecule has 0 atom stereocenters. The lowest BCUT2D eigenvalue weighted by atomic mass is 10.2. The van der Waals surface area contributed by atoms with E-state index in [0.717, 1.165) is 5.56 Å². The molecule has 1 aromatic carbocycles. The van der Waals surface area contributed by atoms with Gasteiger partial charge in [-0.25, -0.2) is 0 Å². The van der Waals surface area contributed by atoms with E-state index in [-0.39, 0.29) is 18.2 Å². The first-order valence-electron chi connectivity index (χ1n) is 5.88. The third-order valence-electron chi connectivity index (χ3n) is 2.49. The van der Waals surface area contributed by atoms with Gasteiger partial charge in [0.25, 0.3) is 5.91 Å². The van der Waals surface area contributed by atoms with E-state index in [9.17, 15) is 9.59 Å². The van der Waals surface area contributed by atoms with Crippen molar-refractivity contribution in [2.24, 2.45) is 0 Å². The van der Waals surface area contributed by atoms with E-state index in [4.69, 9.17) is 4.42 Å². The van der Waals surface area contributed by atoms with Crippen LogP contribution in [0, 0.1) is 0 Å². The van der Waals surface area contributed by atoms with Crippen molar-refractivity contribution in [2.45, 2.75) is 6.54 Å². The van der Waals surface area contributed by atoms with E-state index in [0.29, 0.717) is 6.54 Å². The molecule has 0 saturated carbocycles. The molecule has 0 unspecified atom stereocenters. The molecule has 0 radical (unpaired) electrons. The summed E-state index contributed by atoms with van der Waals surface area (Å²) >= 11 is 0. The summed E-state index contributed by atoms with van der Waals surface area (Å²) in [5.41, 5.74) is 1.01. The minimum Gasteiger partial charge on any atom is -0.459 e. The highest BCUT2D eigenvalue weighted by molar-refractivity contribution is 5.94. The maximum Gasteiger partial charge on any atom is 0.287 e. The zero-order valence-corrected chi connectivity index (χ0v) is 10.3. The van der Waals surface area contributed by atoms with Gasteiger partial charge in [0.15, 0.2) is 5.76 Å². The quantitative estimate of drug-likeness (QED) is 0.849. The van der Waals surface area contributed by atoms with Crippen molar-refractivity contribution < 1.29 is 14.0 Å². The lowest BCUT2D eigenvalue weighted by Crippen LogP contribution is -2.36. The molecule has 5 heteroatoms. The number of amides is 2. The Labute approximate surface area is 110 Å². The summed E-state index contributed by atoms with van der Waals surface area (Å²) in [7, 11) is 0. The molecule has 1 heterocycles. The average Bonchev–Trinajstić information content (AvgIpc) is 2.98. The van der Waals surface area contributed by atoms with Crippen LogP contribution in [0.15, 0.2) is 53.1 Å². The highest BCUT2D eigenvalue weighted by Gasteiger charge is 2.09. The van der Waals surface area contributed by atoms with Crippen LogP contribution in [0.3, 0.4) is 0 Å². The van der Waals surface area contributed by atoms with Crippen LogP contribution in [-0.2, 0) is 11.3 Å². The smallest absolute Gasteiger partial charge is 0.287 e. The molecule has 1 aromatic heterocycles. The predicted molar refractivity (Wildman–Crippen MR) is 69.3 cm³/mol. The first kappa shape index (κ1) is 12.9.